The van der Waals surface area contributed by atoms with Crippen molar-refractivity contribution in [2.75, 3.05) is 0 Å². The number of amides is 2. The zero-order valence-corrected chi connectivity index (χ0v) is 14.4. The summed E-state index contributed by atoms with van der Waals surface area (Å²) < 4.78 is 1.86. The largest absolute Gasteiger partial charge is 0.334 e. The third-order valence-corrected chi connectivity index (χ3v) is 4.22. The van der Waals surface area contributed by atoms with Gasteiger partial charge in [-0.1, -0.05) is 54.1 Å². The Hall–Kier alpha value is -2.79. The fourth-order valence-corrected chi connectivity index (χ4v) is 2.71. The normalized spacial score (nSPS) is 10.4. The molecule has 2 amide bonds. The topological polar surface area (TPSA) is 59.0 Å². The van der Waals surface area contributed by atoms with Crippen LogP contribution in [0, 0.1) is 0 Å². The van der Waals surface area contributed by atoms with E-state index in [4.69, 9.17) is 11.6 Å². The number of aromatic nitrogens is 2. The number of hydrogen-bond acceptors (Lipinski definition) is 2. The van der Waals surface area contributed by atoms with Gasteiger partial charge in [-0.3, -0.25) is 4.68 Å². The Morgan fingerprint density at radius 2 is 1.56 bits per heavy atom. The number of hydrogen-bond donors (Lipinski definition) is 2. The van der Waals surface area contributed by atoms with Crippen molar-refractivity contribution >= 4 is 17.6 Å². The number of rotatable bonds is 6. The quantitative estimate of drug-likeness (QED) is 0.710. The van der Waals surface area contributed by atoms with Gasteiger partial charge in [-0.2, -0.15) is 5.10 Å². The fraction of sp³-hybridized carbons (Fsp3) is 0.158. The molecule has 1 heterocycles. The summed E-state index contributed by atoms with van der Waals surface area (Å²) in [6.07, 6.45) is 3.67. The van der Waals surface area contributed by atoms with Gasteiger partial charge in [-0.05, 0) is 28.8 Å². The summed E-state index contributed by atoms with van der Waals surface area (Å²) in [5.74, 6) is 0. The average molecular weight is 355 g/mol. The maximum Gasteiger partial charge on any atom is 0.315 e. The first kappa shape index (κ1) is 17.0. The molecular weight excluding hydrogens is 336 g/mol. The van der Waals surface area contributed by atoms with E-state index in [-0.39, 0.29) is 6.03 Å². The lowest BCUT2D eigenvalue weighted by atomic mass is 10.1. The van der Waals surface area contributed by atoms with Crippen molar-refractivity contribution in [1.29, 1.82) is 0 Å². The molecule has 0 saturated heterocycles. The Kier molecular flexibility index (Phi) is 5.69. The van der Waals surface area contributed by atoms with E-state index >= 15 is 0 Å². The number of benzene rings is 2. The minimum absolute atomic E-state index is 0.228. The first-order chi connectivity index (χ1) is 12.2. The molecule has 128 valence electrons. The highest BCUT2D eigenvalue weighted by atomic mass is 35.5. The lowest BCUT2D eigenvalue weighted by molar-refractivity contribution is 0.240. The SMILES string of the molecule is O=C(NCc1ccccc1Cl)NCc1ccccc1Cn1cccn1. The molecule has 0 radical (unpaired) electrons. The van der Waals surface area contributed by atoms with Crippen molar-refractivity contribution in [3.8, 4) is 0 Å². The Bertz CT molecular complexity index is 833. The summed E-state index contributed by atoms with van der Waals surface area (Å²) in [6, 6.07) is 17.1. The van der Waals surface area contributed by atoms with E-state index in [2.05, 4.69) is 15.7 Å². The van der Waals surface area contributed by atoms with Crippen molar-refractivity contribution in [1.82, 2.24) is 20.4 Å². The second kappa shape index (κ2) is 8.35. The Labute approximate surface area is 151 Å². The Balaban J connectivity index is 1.54. The molecule has 6 heteroatoms. The van der Waals surface area contributed by atoms with Crippen molar-refractivity contribution < 1.29 is 4.79 Å². The molecule has 3 rings (SSSR count). The van der Waals surface area contributed by atoms with Gasteiger partial charge in [0.15, 0.2) is 0 Å². The van der Waals surface area contributed by atoms with Crippen LogP contribution in [0.4, 0.5) is 4.79 Å². The van der Waals surface area contributed by atoms with Crippen LogP contribution in [-0.2, 0) is 19.6 Å². The van der Waals surface area contributed by atoms with Crippen molar-refractivity contribution in [3.05, 3.63) is 88.7 Å². The molecule has 3 aromatic rings. The van der Waals surface area contributed by atoms with E-state index < -0.39 is 0 Å². The van der Waals surface area contributed by atoms with E-state index in [1.54, 1.807) is 6.20 Å². The Morgan fingerprint density at radius 3 is 2.24 bits per heavy atom. The number of nitrogens with zero attached hydrogens (tertiary/aromatic N) is 2. The van der Waals surface area contributed by atoms with Gasteiger partial charge >= 0.3 is 6.03 Å². The summed E-state index contributed by atoms with van der Waals surface area (Å²) in [7, 11) is 0. The predicted octanol–water partition coefficient (Wildman–Crippen LogP) is 3.58. The van der Waals surface area contributed by atoms with Gasteiger partial charge in [0, 0.05) is 30.5 Å². The smallest absolute Gasteiger partial charge is 0.315 e. The second-order valence-corrected chi connectivity index (χ2v) is 6.01. The zero-order chi connectivity index (χ0) is 17.5. The number of urea groups is 1. The molecule has 0 fully saturated rings. The minimum Gasteiger partial charge on any atom is -0.334 e. The second-order valence-electron chi connectivity index (χ2n) is 5.60. The number of carbonyl (C=O) groups excluding carboxylic acids is 1. The van der Waals surface area contributed by atoms with Gasteiger partial charge < -0.3 is 10.6 Å². The van der Waals surface area contributed by atoms with Gasteiger partial charge in [-0.15, -0.1) is 0 Å². The summed E-state index contributed by atoms with van der Waals surface area (Å²) in [5, 5.41) is 10.6. The van der Waals surface area contributed by atoms with E-state index in [0.717, 1.165) is 16.7 Å². The Morgan fingerprint density at radius 1 is 0.920 bits per heavy atom. The van der Waals surface area contributed by atoms with Crippen LogP contribution in [0.15, 0.2) is 67.0 Å². The molecule has 0 bridgehead atoms. The number of nitrogens with one attached hydrogen (secondary N) is 2. The van der Waals surface area contributed by atoms with Crippen LogP contribution in [0.25, 0.3) is 0 Å². The van der Waals surface area contributed by atoms with Crippen LogP contribution in [0.2, 0.25) is 5.02 Å². The molecular formula is C19H19ClN4O. The molecule has 5 nitrogen and oxygen atoms in total. The van der Waals surface area contributed by atoms with E-state index in [1.165, 1.54) is 0 Å². The van der Waals surface area contributed by atoms with Crippen LogP contribution in [0.5, 0.6) is 0 Å². The molecule has 0 aliphatic carbocycles. The van der Waals surface area contributed by atoms with E-state index in [0.29, 0.717) is 24.7 Å². The number of halogens is 1. The maximum absolute atomic E-state index is 12.0. The first-order valence-electron chi connectivity index (χ1n) is 8.01. The van der Waals surface area contributed by atoms with Crippen molar-refractivity contribution in [2.24, 2.45) is 0 Å². The standard InChI is InChI=1S/C19H19ClN4O/c20-18-9-4-3-7-16(18)13-22-19(25)21-12-15-6-1-2-8-17(15)14-24-11-5-10-23-24/h1-11H,12-14H2,(H2,21,22,25). The van der Waals surface area contributed by atoms with Crippen LogP contribution >= 0.6 is 11.6 Å². The highest BCUT2D eigenvalue weighted by molar-refractivity contribution is 6.31. The monoisotopic (exact) mass is 354 g/mol. The maximum atomic E-state index is 12.0. The minimum atomic E-state index is -0.228. The zero-order valence-electron chi connectivity index (χ0n) is 13.7. The molecule has 0 unspecified atom stereocenters. The lowest BCUT2D eigenvalue weighted by Gasteiger charge is -2.12. The van der Waals surface area contributed by atoms with Gasteiger partial charge in [-0.25, -0.2) is 4.79 Å². The average Bonchev–Trinajstić information content (AvgIpc) is 3.13. The molecule has 0 spiro atoms. The van der Waals surface area contributed by atoms with Crippen LogP contribution in [-0.4, -0.2) is 15.8 Å². The summed E-state index contributed by atoms with van der Waals surface area (Å²) in [4.78, 5) is 12.0. The molecule has 2 aromatic carbocycles. The highest BCUT2D eigenvalue weighted by Gasteiger charge is 2.06. The first-order valence-corrected chi connectivity index (χ1v) is 8.39. The predicted molar refractivity (Wildman–Crippen MR) is 98.3 cm³/mol. The fourth-order valence-electron chi connectivity index (χ4n) is 2.51. The summed E-state index contributed by atoms with van der Waals surface area (Å²) >= 11 is 6.09. The number of carbonyl (C=O) groups is 1. The molecule has 25 heavy (non-hydrogen) atoms. The van der Waals surface area contributed by atoms with E-state index in [1.807, 2.05) is 65.5 Å². The molecule has 0 atom stereocenters. The molecule has 0 saturated carbocycles. The molecule has 1 aromatic heterocycles. The van der Waals surface area contributed by atoms with Crippen LogP contribution in [0.1, 0.15) is 16.7 Å². The van der Waals surface area contributed by atoms with Gasteiger partial charge in [0.25, 0.3) is 0 Å². The third kappa shape index (κ3) is 4.84. The van der Waals surface area contributed by atoms with Crippen LogP contribution in [0.3, 0.4) is 0 Å². The van der Waals surface area contributed by atoms with E-state index in [9.17, 15) is 4.79 Å². The van der Waals surface area contributed by atoms with Gasteiger partial charge in [0.1, 0.15) is 0 Å². The van der Waals surface area contributed by atoms with Gasteiger partial charge in [0.2, 0.25) is 0 Å². The highest BCUT2D eigenvalue weighted by Crippen LogP contribution is 2.14. The molecule has 0 aliphatic heterocycles. The lowest BCUT2D eigenvalue weighted by Crippen LogP contribution is -2.34. The molecule has 0 aliphatic rings. The summed E-state index contributed by atoms with van der Waals surface area (Å²) in [6.45, 7) is 1.51. The van der Waals surface area contributed by atoms with Gasteiger partial charge in [0.05, 0.1) is 6.54 Å². The molecule has 2 N–H and O–H groups in total. The summed E-state index contributed by atoms with van der Waals surface area (Å²) in [5.41, 5.74) is 3.07. The third-order valence-electron chi connectivity index (χ3n) is 3.85. The van der Waals surface area contributed by atoms with Crippen molar-refractivity contribution in [3.63, 3.8) is 0 Å². The van der Waals surface area contributed by atoms with Crippen LogP contribution < -0.4 is 10.6 Å². The van der Waals surface area contributed by atoms with Crippen molar-refractivity contribution in [2.45, 2.75) is 19.6 Å².